The first-order valence-corrected chi connectivity index (χ1v) is 17.9. The molecule has 0 spiro atoms. The fraction of sp³-hybridized carbons (Fsp3) is 0. The van der Waals surface area contributed by atoms with Crippen molar-refractivity contribution in [1.82, 2.24) is 14.1 Å². The number of para-hydroxylation sites is 2. The van der Waals surface area contributed by atoms with Crippen molar-refractivity contribution in [3.8, 4) is 44.8 Å². The van der Waals surface area contributed by atoms with E-state index in [0.29, 0.717) is 0 Å². The highest BCUT2D eigenvalue weighted by Crippen LogP contribution is 2.48. The molecule has 0 unspecified atom stereocenters. The SMILES string of the molecule is c1ccc(-n2c3ccccc3c3cc(-c4ccc5c(c4)c4cc6ccccc6cc4n5-c4ccc5c(c4)-c4cncc6cccc-5c46)ccc32)cc1. The van der Waals surface area contributed by atoms with Crippen LogP contribution in [0.25, 0.3) is 110 Å². The average molecular weight is 660 g/mol. The van der Waals surface area contributed by atoms with E-state index in [1.165, 1.54) is 104 Å². The highest BCUT2D eigenvalue weighted by atomic mass is 15.0. The fourth-order valence-electron chi connectivity index (χ4n) is 8.96. The summed E-state index contributed by atoms with van der Waals surface area (Å²) in [7, 11) is 0. The van der Waals surface area contributed by atoms with Crippen LogP contribution in [0.3, 0.4) is 0 Å². The molecule has 0 bridgehead atoms. The first-order valence-electron chi connectivity index (χ1n) is 17.9. The van der Waals surface area contributed by atoms with Crippen LogP contribution < -0.4 is 0 Å². The Morgan fingerprint density at radius 1 is 0.327 bits per heavy atom. The topological polar surface area (TPSA) is 22.8 Å². The molecule has 3 heteroatoms. The van der Waals surface area contributed by atoms with E-state index in [2.05, 4.69) is 178 Å². The summed E-state index contributed by atoms with van der Waals surface area (Å²) in [6, 6.07) is 60.3. The molecule has 52 heavy (non-hydrogen) atoms. The first-order chi connectivity index (χ1) is 25.8. The first kappa shape index (κ1) is 27.8. The van der Waals surface area contributed by atoms with E-state index in [9.17, 15) is 0 Å². The van der Waals surface area contributed by atoms with Gasteiger partial charge < -0.3 is 9.13 Å². The Balaban J connectivity index is 1.09. The van der Waals surface area contributed by atoms with Gasteiger partial charge in [-0.05, 0) is 105 Å². The van der Waals surface area contributed by atoms with E-state index in [4.69, 9.17) is 0 Å². The minimum Gasteiger partial charge on any atom is -0.309 e. The molecule has 0 amide bonds. The molecule has 0 N–H and O–H groups in total. The minimum atomic E-state index is 1.15. The standard InChI is InChI=1S/C49H29N3/c1-2-12-35(13-3-1)51-45-16-7-6-14-38(45)41-24-32(17-21-46(41)51)33-18-22-47-42(25-33)43-23-30-9-4-5-10-31(30)26-48(43)52(47)36-19-20-37-39-15-8-11-34-28-50-29-44(49(34)39)40(37)27-36/h1-29H. The molecule has 12 rings (SSSR count). The lowest BCUT2D eigenvalue weighted by atomic mass is 10.00. The van der Waals surface area contributed by atoms with Crippen molar-refractivity contribution >= 4 is 65.2 Å². The highest BCUT2D eigenvalue weighted by molar-refractivity contribution is 6.17. The highest BCUT2D eigenvalue weighted by Gasteiger charge is 2.23. The van der Waals surface area contributed by atoms with Crippen molar-refractivity contribution in [2.45, 2.75) is 0 Å². The number of hydrogen-bond donors (Lipinski definition) is 0. The van der Waals surface area contributed by atoms with Crippen molar-refractivity contribution in [2.75, 3.05) is 0 Å². The molecule has 3 nitrogen and oxygen atoms in total. The third-order valence-corrected chi connectivity index (χ3v) is 11.3. The van der Waals surface area contributed by atoms with Crippen LogP contribution in [0.2, 0.25) is 0 Å². The monoisotopic (exact) mass is 659 g/mol. The Labute approximate surface area is 299 Å². The summed E-state index contributed by atoms with van der Waals surface area (Å²) < 4.78 is 4.83. The van der Waals surface area contributed by atoms with Gasteiger partial charge in [-0.3, -0.25) is 4.98 Å². The van der Waals surface area contributed by atoms with Crippen molar-refractivity contribution < 1.29 is 0 Å². The van der Waals surface area contributed by atoms with Crippen LogP contribution in [-0.2, 0) is 0 Å². The van der Waals surface area contributed by atoms with Crippen molar-refractivity contribution in [3.63, 3.8) is 0 Å². The summed E-state index contributed by atoms with van der Waals surface area (Å²) in [5.41, 5.74) is 14.6. The maximum Gasteiger partial charge on any atom is 0.0547 e. The van der Waals surface area contributed by atoms with Gasteiger partial charge in [0.25, 0.3) is 0 Å². The van der Waals surface area contributed by atoms with Crippen molar-refractivity contribution in [3.05, 3.63) is 176 Å². The maximum absolute atomic E-state index is 4.62. The number of pyridine rings is 1. The van der Waals surface area contributed by atoms with Crippen molar-refractivity contribution in [2.24, 2.45) is 0 Å². The summed E-state index contributed by atoms with van der Waals surface area (Å²) >= 11 is 0. The van der Waals surface area contributed by atoms with Gasteiger partial charge in [0.15, 0.2) is 0 Å². The van der Waals surface area contributed by atoms with Gasteiger partial charge in [0.05, 0.1) is 22.1 Å². The molecular weight excluding hydrogens is 631 g/mol. The maximum atomic E-state index is 4.62. The van der Waals surface area contributed by atoms with E-state index in [0.717, 1.165) is 5.69 Å². The van der Waals surface area contributed by atoms with E-state index in [1.54, 1.807) is 0 Å². The molecule has 1 aliphatic carbocycles. The lowest BCUT2D eigenvalue weighted by Gasteiger charge is -2.12. The molecule has 240 valence electrons. The van der Waals surface area contributed by atoms with E-state index >= 15 is 0 Å². The second kappa shape index (κ2) is 10.3. The van der Waals surface area contributed by atoms with E-state index in [-0.39, 0.29) is 0 Å². The Morgan fingerprint density at radius 3 is 1.81 bits per heavy atom. The Kier molecular flexibility index (Phi) is 5.50. The van der Waals surface area contributed by atoms with Gasteiger partial charge in [-0.1, -0.05) is 97.1 Å². The molecule has 8 aromatic carbocycles. The predicted molar refractivity (Wildman–Crippen MR) is 218 cm³/mol. The van der Waals surface area contributed by atoms with Gasteiger partial charge in [-0.2, -0.15) is 0 Å². The Hall–Kier alpha value is -6.97. The molecule has 0 aliphatic heterocycles. The largest absolute Gasteiger partial charge is 0.309 e. The van der Waals surface area contributed by atoms with Gasteiger partial charge >= 0.3 is 0 Å². The lowest BCUT2D eigenvalue weighted by molar-refractivity contribution is 1.18. The second-order valence-corrected chi connectivity index (χ2v) is 14.0. The number of aromatic nitrogens is 3. The van der Waals surface area contributed by atoms with Gasteiger partial charge in [-0.25, -0.2) is 0 Å². The van der Waals surface area contributed by atoms with Gasteiger partial charge in [0.2, 0.25) is 0 Å². The molecule has 1 aliphatic rings. The van der Waals surface area contributed by atoms with Crippen LogP contribution in [0.15, 0.2) is 176 Å². The molecule has 0 atom stereocenters. The van der Waals surface area contributed by atoms with Crippen LogP contribution in [0.4, 0.5) is 0 Å². The third kappa shape index (κ3) is 3.77. The van der Waals surface area contributed by atoms with E-state index in [1.807, 2.05) is 12.4 Å². The van der Waals surface area contributed by atoms with Crippen LogP contribution >= 0.6 is 0 Å². The van der Waals surface area contributed by atoms with Gasteiger partial charge in [-0.15, -0.1) is 0 Å². The molecule has 3 aromatic heterocycles. The fourth-order valence-corrected chi connectivity index (χ4v) is 8.96. The molecule has 0 radical (unpaired) electrons. The zero-order valence-corrected chi connectivity index (χ0v) is 28.1. The van der Waals surface area contributed by atoms with Crippen LogP contribution in [0.5, 0.6) is 0 Å². The Morgan fingerprint density at radius 2 is 0.981 bits per heavy atom. The summed E-state index contributed by atoms with van der Waals surface area (Å²) in [6.07, 6.45) is 4.00. The van der Waals surface area contributed by atoms with Gasteiger partial charge in [0, 0.05) is 61.6 Å². The number of rotatable bonds is 3. The molecule has 0 fully saturated rings. The van der Waals surface area contributed by atoms with Crippen LogP contribution in [0, 0.1) is 0 Å². The van der Waals surface area contributed by atoms with E-state index < -0.39 is 0 Å². The normalized spacial score (nSPS) is 12.2. The number of hydrogen-bond acceptors (Lipinski definition) is 1. The van der Waals surface area contributed by atoms with Gasteiger partial charge in [0.1, 0.15) is 0 Å². The smallest absolute Gasteiger partial charge is 0.0547 e. The summed E-state index contributed by atoms with van der Waals surface area (Å²) in [5.74, 6) is 0. The number of fused-ring (bicyclic) bond motifs is 10. The number of benzene rings is 8. The zero-order chi connectivity index (χ0) is 33.9. The Bertz CT molecular complexity index is 3280. The molecule has 3 heterocycles. The lowest BCUT2D eigenvalue weighted by Crippen LogP contribution is -1.95. The van der Waals surface area contributed by atoms with Crippen LogP contribution in [-0.4, -0.2) is 14.1 Å². The summed E-state index contributed by atoms with van der Waals surface area (Å²) in [6.45, 7) is 0. The zero-order valence-electron chi connectivity index (χ0n) is 28.1. The quantitative estimate of drug-likeness (QED) is 0.185. The second-order valence-electron chi connectivity index (χ2n) is 14.0. The molecule has 0 saturated carbocycles. The molecular formula is C49H29N3. The average Bonchev–Trinajstić information content (AvgIpc) is 3.83. The minimum absolute atomic E-state index is 1.15. The molecule has 11 aromatic rings. The third-order valence-electron chi connectivity index (χ3n) is 11.3. The molecule has 0 saturated heterocycles. The van der Waals surface area contributed by atoms with Crippen LogP contribution in [0.1, 0.15) is 0 Å². The summed E-state index contributed by atoms with van der Waals surface area (Å²) in [4.78, 5) is 4.62. The van der Waals surface area contributed by atoms with Crippen molar-refractivity contribution in [1.29, 1.82) is 0 Å². The summed E-state index contributed by atoms with van der Waals surface area (Å²) in [5, 5.41) is 9.99. The number of nitrogens with zero attached hydrogens (tertiary/aromatic N) is 3. The predicted octanol–water partition coefficient (Wildman–Crippen LogP) is 12.9.